The summed E-state index contributed by atoms with van der Waals surface area (Å²) in [5.41, 5.74) is 2.94. The normalized spacial score (nSPS) is 18.9. The predicted molar refractivity (Wildman–Crippen MR) is 99.7 cm³/mol. The summed E-state index contributed by atoms with van der Waals surface area (Å²) < 4.78 is 0. The summed E-state index contributed by atoms with van der Waals surface area (Å²) in [7, 11) is 8.07. The van der Waals surface area contributed by atoms with Crippen LogP contribution in [0.1, 0.15) is 52.4 Å². The number of hydrogen-bond acceptors (Lipinski definition) is 2. The van der Waals surface area contributed by atoms with E-state index in [1.54, 1.807) is 0 Å². The van der Waals surface area contributed by atoms with Crippen molar-refractivity contribution in [3.63, 3.8) is 0 Å². The summed E-state index contributed by atoms with van der Waals surface area (Å²) in [6, 6.07) is 0. The van der Waals surface area contributed by atoms with Gasteiger partial charge in [0.1, 0.15) is 0 Å². The molecule has 2 nitrogen and oxygen atoms in total. The van der Waals surface area contributed by atoms with Crippen molar-refractivity contribution in [1.82, 2.24) is 9.80 Å². The van der Waals surface area contributed by atoms with Crippen LogP contribution >= 0.6 is 0 Å². The van der Waals surface area contributed by atoms with Gasteiger partial charge < -0.3 is 4.90 Å². The Morgan fingerprint density at radius 3 is 2.41 bits per heavy atom. The van der Waals surface area contributed by atoms with Crippen LogP contribution in [0.2, 0.25) is 6.32 Å². The van der Waals surface area contributed by atoms with Crippen LogP contribution in [0.15, 0.2) is 23.3 Å². The minimum Gasteiger partial charge on any atom is -0.304 e. The third-order valence-corrected chi connectivity index (χ3v) is 4.53. The summed E-state index contributed by atoms with van der Waals surface area (Å²) in [6.45, 7) is 10.5. The van der Waals surface area contributed by atoms with E-state index in [0.717, 1.165) is 25.7 Å². The van der Waals surface area contributed by atoms with E-state index in [0.29, 0.717) is 0 Å². The zero-order chi connectivity index (χ0) is 16.2. The molecule has 1 saturated heterocycles. The molecule has 3 heteroatoms. The lowest BCUT2D eigenvalue weighted by molar-refractivity contribution is 0.164. The SMILES string of the molecule is [B]C/C(=C/CCCCC)CC/C=C(/C)CN1CCN(C)CC1. The highest BCUT2D eigenvalue weighted by molar-refractivity contribution is 6.10. The van der Waals surface area contributed by atoms with Gasteiger partial charge >= 0.3 is 0 Å². The molecule has 0 aromatic heterocycles. The van der Waals surface area contributed by atoms with Crippen molar-refractivity contribution >= 4 is 7.85 Å². The third kappa shape index (κ3) is 8.80. The second-order valence-corrected chi connectivity index (χ2v) is 6.73. The number of unbranched alkanes of at least 4 members (excludes halogenated alkanes) is 3. The Bertz CT molecular complexity index is 341. The maximum Gasteiger partial charge on any atom is 0.0712 e. The smallest absolute Gasteiger partial charge is 0.0712 e. The van der Waals surface area contributed by atoms with Crippen molar-refractivity contribution in [3.8, 4) is 0 Å². The molecule has 1 rings (SSSR count). The van der Waals surface area contributed by atoms with E-state index in [9.17, 15) is 0 Å². The van der Waals surface area contributed by atoms with Crippen molar-refractivity contribution in [2.24, 2.45) is 0 Å². The Balaban J connectivity index is 2.24. The predicted octanol–water partition coefficient (Wildman–Crippen LogP) is 4.05. The lowest BCUT2D eigenvalue weighted by Gasteiger charge is -2.32. The van der Waals surface area contributed by atoms with Crippen molar-refractivity contribution in [2.45, 2.75) is 58.7 Å². The molecule has 22 heavy (non-hydrogen) atoms. The van der Waals surface area contributed by atoms with Crippen LogP contribution in [-0.4, -0.2) is 57.4 Å². The van der Waals surface area contributed by atoms with Gasteiger partial charge in [0.15, 0.2) is 0 Å². The molecular formula is C19H35BN2. The minimum absolute atomic E-state index is 0.720. The lowest BCUT2D eigenvalue weighted by atomic mass is 9.92. The van der Waals surface area contributed by atoms with Gasteiger partial charge in [-0.1, -0.05) is 49.4 Å². The fourth-order valence-electron chi connectivity index (χ4n) is 2.92. The molecule has 0 amide bonds. The topological polar surface area (TPSA) is 6.48 Å². The summed E-state index contributed by atoms with van der Waals surface area (Å²) in [5, 5.41) is 0. The standard InChI is InChI=1S/C19H35BN2/c1-4-5-6-7-10-19(16-20)11-8-9-18(2)17-22-14-12-21(3)13-15-22/h9-10H,4-8,11-17H2,1-3H3/b18-9-,19-10+. The monoisotopic (exact) mass is 302 g/mol. The van der Waals surface area contributed by atoms with Crippen molar-refractivity contribution in [1.29, 1.82) is 0 Å². The Labute approximate surface area is 140 Å². The number of nitrogens with zero attached hydrogens (tertiary/aromatic N) is 2. The van der Waals surface area contributed by atoms with E-state index in [1.165, 1.54) is 63.0 Å². The molecule has 1 fully saturated rings. The molecule has 0 aliphatic carbocycles. The average Bonchev–Trinajstić information content (AvgIpc) is 2.52. The first kappa shape index (κ1) is 19.5. The van der Waals surface area contributed by atoms with Gasteiger partial charge in [0.05, 0.1) is 7.85 Å². The van der Waals surface area contributed by atoms with Gasteiger partial charge in [-0.25, -0.2) is 0 Å². The first-order chi connectivity index (χ1) is 10.7. The Kier molecular flexibility index (Phi) is 10.6. The number of hydrogen-bond donors (Lipinski definition) is 0. The van der Waals surface area contributed by atoms with Crippen LogP contribution in [0.3, 0.4) is 0 Å². The molecule has 124 valence electrons. The van der Waals surface area contributed by atoms with E-state index >= 15 is 0 Å². The quantitative estimate of drug-likeness (QED) is 0.341. The second-order valence-electron chi connectivity index (χ2n) is 6.73. The van der Waals surface area contributed by atoms with Crippen LogP contribution in [0.5, 0.6) is 0 Å². The molecule has 0 bridgehead atoms. The van der Waals surface area contributed by atoms with E-state index in [1.807, 2.05) is 0 Å². The Morgan fingerprint density at radius 2 is 1.77 bits per heavy atom. The summed E-state index contributed by atoms with van der Waals surface area (Å²) in [5.74, 6) is 0. The zero-order valence-electron chi connectivity index (χ0n) is 15.1. The summed E-state index contributed by atoms with van der Waals surface area (Å²) in [6.07, 6.45) is 12.9. The first-order valence-corrected chi connectivity index (χ1v) is 9.10. The van der Waals surface area contributed by atoms with Crippen LogP contribution in [0.25, 0.3) is 0 Å². The fourth-order valence-corrected chi connectivity index (χ4v) is 2.92. The van der Waals surface area contributed by atoms with Crippen molar-refractivity contribution in [3.05, 3.63) is 23.3 Å². The molecular weight excluding hydrogens is 267 g/mol. The van der Waals surface area contributed by atoms with Gasteiger partial charge in [-0.3, -0.25) is 4.90 Å². The third-order valence-electron chi connectivity index (χ3n) is 4.53. The van der Waals surface area contributed by atoms with Gasteiger partial charge in [-0.05, 0) is 39.7 Å². The number of rotatable bonds is 10. The van der Waals surface area contributed by atoms with E-state index in [2.05, 4.69) is 42.8 Å². The van der Waals surface area contributed by atoms with E-state index in [-0.39, 0.29) is 0 Å². The van der Waals surface area contributed by atoms with Gasteiger partial charge in [-0.2, -0.15) is 0 Å². The molecule has 0 saturated carbocycles. The number of likely N-dealkylation sites (N-methyl/N-ethyl adjacent to an activating group) is 1. The van der Waals surface area contributed by atoms with Gasteiger partial charge in [0.25, 0.3) is 0 Å². The number of allylic oxidation sites excluding steroid dienone is 3. The maximum absolute atomic E-state index is 5.86. The number of piperazine rings is 1. The highest BCUT2D eigenvalue weighted by Gasteiger charge is 2.13. The second kappa shape index (κ2) is 12.0. The van der Waals surface area contributed by atoms with E-state index in [4.69, 9.17) is 7.85 Å². The first-order valence-electron chi connectivity index (χ1n) is 9.10. The molecule has 0 N–H and O–H groups in total. The molecule has 0 aromatic carbocycles. The van der Waals surface area contributed by atoms with Crippen LogP contribution in [0, 0.1) is 0 Å². The molecule has 0 spiro atoms. The van der Waals surface area contributed by atoms with Crippen LogP contribution in [0.4, 0.5) is 0 Å². The fraction of sp³-hybridized carbons (Fsp3) is 0.789. The zero-order valence-corrected chi connectivity index (χ0v) is 15.1. The molecule has 0 unspecified atom stereocenters. The Morgan fingerprint density at radius 1 is 1.05 bits per heavy atom. The molecule has 1 heterocycles. The molecule has 0 atom stereocenters. The molecule has 0 aromatic rings. The molecule has 1 aliphatic rings. The summed E-state index contributed by atoms with van der Waals surface area (Å²) in [4.78, 5) is 4.97. The lowest BCUT2D eigenvalue weighted by Crippen LogP contribution is -2.44. The molecule has 2 radical (unpaired) electrons. The van der Waals surface area contributed by atoms with E-state index < -0.39 is 0 Å². The largest absolute Gasteiger partial charge is 0.304 e. The Hall–Kier alpha value is -0.535. The average molecular weight is 302 g/mol. The van der Waals surface area contributed by atoms with Gasteiger partial charge in [0, 0.05) is 32.7 Å². The van der Waals surface area contributed by atoms with Crippen molar-refractivity contribution < 1.29 is 0 Å². The molecule has 1 aliphatic heterocycles. The minimum atomic E-state index is 0.720. The van der Waals surface area contributed by atoms with Crippen LogP contribution < -0.4 is 0 Å². The summed E-state index contributed by atoms with van der Waals surface area (Å²) >= 11 is 0. The maximum atomic E-state index is 5.86. The van der Waals surface area contributed by atoms with Gasteiger partial charge in [0.2, 0.25) is 0 Å². The highest BCUT2D eigenvalue weighted by atomic mass is 15.2. The van der Waals surface area contributed by atoms with Gasteiger partial charge in [-0.15, -0.1) is 0 Å². The van der Waals surface area contributed by atoms with Crippen molar-refractivity contribution in [2.75, 3.05) is 39.8 Å². The highest BCUT2D eigenvalue weighted by Crippen LogP contribution is 2.14. The van der Waals surface area contributed by atoms with Crippen LogP contribution in [-0.2, 0) is 0 Å².